The average molecular weight is 182 g/mol. The normalized spacial score (nSPS) is 19.6. The van der Waals surface area contributed by atoms with E-state index in [9.17, 15) is 4.79 Å². The zero-order chi connectivity index (χ0) is 10.0. The fourth-order valence-corrected chi connectivity index (χ4v) is 1.30. The van der Waals surface area contributed by atoms with Crippen LogP contribution in [0.5, 0.6) is 0 Å². The highest BCUT2D eigenvalue weighted by atomic mass is 16.2. The highest BCUT2D eigenvalue weighted by molar-refractivity contribution is 6.04. The molecule has 0 aliphatic carbocycles. The molecular formula is C10H18N2O. The molecule has 0 aromatic rings. The van der Waals surface area contributed by atoms with Crippen molar-refractivity contribution < 1.29 is 4.79 Å². The van der Waals surface area contributed by atoms with Crippen molar-refractivity contribution in [3.63, 3.8) is 0 Å². The fourth-order valence-electron chi connectivity index (χ4n) is 1.30. The number of hydrazone groups is 1. The zero-order valence-corrected chi connectivity index (χ0v) is 8.87. The number of nitrogens with zero attached hydrogens (tertiary/aromatic N) is 2. The summed E-state index contributed by atoms with van der Waals surface area (Å²) in [5.41, 5.74) is 1.01. The Morgan fingerprint density at radius 1 is 1.46 bits per heavy atom. The van der Waals surface area contributed by atoms with Gasteiger partial charge in [0.15, 0.2) is 0 Å². The molecule has 0 radical (unpaired) electrons. The SMILES string of the molecule is CCC1=NN(C(C)C(C)C)C(=O)C1. The van der Waals surface area contributed by atoms with Crippen molar-refractivity contribution in [2.24, 2.45) is 11.0 Å². The van der Waals surface area contributed by atoms with E-state index in [1.165, 1.54) is 0 Å². The Morgan fingerprint density at radius 3 is 2.46 bits per heavy atom. The summed E-state index contributed by atoms with van der Waals surface area (Å²) in [6.45, 7) is 8.30. The molecule has 13 heavy (non-hydrogen) atoms. The fraction of sp³-hybridized carbons (Fsp3) is 0.800. The van der Waals surface area contributed by atoms with Crippen molar-refractivity contribution >= 4 is 11.6 Å². The topological polar surface area (TPSA) is 32.7 Å². The first-order valence-corrected chi connectivity index (χ1v) is 4.94. The Balaban J connectivity index is 2.70. The van der Waals surface area contributed by atoms with Crippen LogP contribution in [0.1, 0.15) is 40.5 Å². The average Bonchev–Trinajstić information content (AvgIpc) is 2.45. The molecular weight excluding hydrogens is 164 g/mol. The summed E-state index contributed by atoms with van der Waals surface area (Å²) in [4.78, 5) is 11.5. The second kappa shape index (κ2) is 3.90. The van der Waals surface area contributed by atoms with Gasteiger partial charge in [-0.25, -0.2) is 5.01 Å². The molecule has 0 spiro atoms. The largest absolute Gasteiger partial charge is 0.273 e. The van der Waals surface area contributed by atoms with Crippen molar-refractivity contribution in [2.45, 2.75) is 46.6 Å². The smallest absolute Gasteiger partial charge is 0.248 e. The van der Waals surface area contributed by atoms with Gasteiger partial charge in [-0.3, -0.25) is 4.79 Å². The van der Waals surface area contributed by atoms with Crippen LogP contribution in [0.15, 0.2) is 5.10 Å². The maximum absolute atomic E-state index is 11.5. The van der Waals surface area contributed by atoms with E-state index in [2.05, 4.69) is 18.9 Å². The van der Waals surface area contributed by atoms with Crippen LogP contribution in [0.25, 0.3) is 0 Å². The molecule has 0 aromatic carbocycles. The Kier molecular flexibility index (Phi) is 3.07. The maximum Gasteiger partial charge on any atom is 0.248 e. The van der Waals surface area contributed by atoms with Crippen LogP contribution in [0.3, 0.4) is 0 Å². The van der Waals surface area contributed by atoms with Crippen molar-refractivity contribution in [3.05, 3.63) is 0 Å². The van der Waals surface area contributed by atoms with E-state index in [1.54, 1.807) is 5.01 Å². The molecule has 0 bridgehead atoms. The minimum atomic E-state index is 0.151. The molecule has 1 atom stereocenters. The molecule has 1 aliphatic rings. The summed E-state index contributed by atoms with van der Waals surface area (Å²) < 4.78 is 0. The quantitative estimate of drug-likeness (QED) is 0.657. The van der Waals surface area contributed by atoms with Crippen LogP contribution in [-0.2, 0) is 4.79 Å². The van der Waals surface area contributed by atoms with Gasteiger partial charge in [-0.15, -0.1) is 0 Å². The van der Waals surface area contributed by atoms with Gasteiger partial charge >= 0.3 is 0 Å². The maximum atomic E-state index is 11.5. The number of amides is 1. The van der Waals surface area contributed by atoms with E-state index >= 15 is 0 Å². The lowest BCUT2D eigenvalue weighted by molar-refractivity contribution is -0.131. The summed E-state index contributed by atoms with van der Waals surface area (Å²) >= 11 is 0. The molecule has 1 rings (SSSR count). The summed E-state index contributed by atoms with van der Waals surface area (Å²) in [5, 5.41) is 5.95. The monoisotopic (exact) mass is 182 g/mol. The highest BCUT2D eigenvalue weighted by Crippen LogP contribution is 2.18. The van der Waals surface area contributed by atoms with Crippen LogP contribution < -0.4 is 0 Å². The Bertz CT molecular complexity index is 233. The molecule has 3 heteroatoms. The standard InChI is InChI=1S/C10H18N2O/c1-5-9-6-10(13)12(11-9)8(4)7(2)3/h7-8H,5-6H2,1-4H3. The van der Waals surface area contributed by atoms with E-state index in [0.717, 1.165) is 12.1 Å². The number of rotatable bonds is 3. The minimum absolute atomic E-state index is 0.151. The Labute approximate surface area is 79.8 Å². The summed E-state index contributed by atoms with van der Waals surface area (Å²) in [6, 6.07) is 0.219. The minimum Gasteiger partial charge on any atom is -0.273 e. The third-order valence-electron chi connectivity index (χ3n) is 2.62. The van der Waals surface area contributed by atoms with Crippen LogP contribution in [-0.4, -0.2) is 22.7 Å². The summed E-state index contributed by atoms with van der Waals surface area (Å²) in [5.74, 6) is 0.613. The van der Waals surface area contributed by atoms with Gasteiger partial charge in [0.05, 0.1) is 12.5 Å². The van der Waals surface area contributed by atoms with E-state index in [4.69, 9.17) is 0 Å². The molecule has 1 unspecified atom stereocenters. The second-order valence-corrected chi connectivity index (χ2v) is 3.92. The third kappa shape index (κ3) is 2.08. The number of hydrogen-bond donors (Lipinski definition) is 0. The summed E-state index contributed by atoms with van der Waals surface area (Å²) in [7, 11) is 0. The van der Waals surface area contributed by atoms with Crippen LogP contribution in [0, 0.1) is 5.92 Å². The first kappa shape index (κ1) is 10.2. The van der Waals surface area contributed by atoms with Crippen molar-refractivity contribution in [1.29, 1.82) is 0 Å². The molecule has 0 saturated heterocycles. The second-order valence-electron chi connectivity index (χ2n) is 3.92. The molecule has 0 N–H and O–H groups in total. The van der Waals surface area contributed by atoms with Crippen LogP contribution in [0.2, 0.25) is 0 Å². The van der Waals surface area contributed by atoms with E-state index < -0.39 is 0 Å². The molecule has 0 fully saturated rings. The van der Waals surface area contributed by atoms with E-state index in [0.29, 0.717) is 12.3 Å². The van der Waals surface area contributed by atoms with Crippen LogP contribution in [0.4, 0.5) is 0 Å². The predicted molar refractivity (Wildman–Crippen MR) is 53.5 cm³/mol. The summed E-state index contributed by atoms with van der Waals surface area (Å²) in [6.07, 6.45) is 1.40. The van der Waals surface area contributed by atoms with Gasteiger partial charge in [0.2, 0.25) is 5.91 Å². The van der Waals surface area contributed by atoms with Gasteiger partial charge in [0.25, 0.3) is 0 Å². The van der Waals surface area contributed by atoms with Gasteiger partial charge in [0.1, 0.15) is 0 Å². The molecule has 1 amide bonds. The van der Waals surface area contributed by atoms with E-state index in [1.807, 2.05) is 13.8 Å². The van der Waals surface area contributed by atoms with Gasteiger partial charge in [-0.2, -0.15) is 5.10 Å². The molecule has 74 valence electrons. The Hall–Kier alpha value is -0.860. The molecule has 0 saturated carbocycles. The van der Waals surface area contributed by atoms with Gasteiger partial charge in [-0.1, -0.05) is 20.8 Å². The lowest BCUT2D eigenvalue weighted by Gasteiger charge is -2.23. The molecule has 3 nitrogen and oxygen atoms in total. The van der Waals surface area contributed by atoms with Gasteiger partial charge in [-0.05, 0) is 19.3 Å². The number of carbonyl (C=O) groups is 1. The Morgan fingerprint density at radius 2 is 2.08 bits per heavy atom. The molecule has 1 aliphatic heterocycles. The first-order chi connectivity index (χ1) is 6.06. The lowest BCUT2D eigenvalue weighted by atomic mass is 10.1. The lowest BCUT2D eigenvalue weighted by Crippen LogP contribution is -2.34. The molecule has 1 heterocycles. The third-order valence-corrected chi connectivity index (χ3v) is 2.62. The van der Waals surface area contributed by atoms with Crippen LogP contribution >= 0.6 is 0 Å². The zero-order valence-electron chi connectivity index (χ0n) is 8.87. The first-order valence-electron chi connectivity index (χ1n) is 4.94. The highest BCUT2D eigenvalue weighted by Gasteiger charge is 2.28. The van der Waals surface area contributed by atoms with Gasteiger partial charge in [0, 0.05) is 5.71 Å². The molecule has 0 aromatic heterocycles. The predicted octanol–water partition coefficient (Wildman–Crippen LogP) is 2.03. The number of hydrogen-bond acceptors (Lipinski definition) is 2. The van der Waals surface area contributed by atoms with E-state index in [-0.39, 0.29) is 11.9 Å². The number of carbonyl (C=O) groups excluding carboxylic acids is 1. The van der Waals surface area contributed by atoms with Crippen molar-refractivity contribution in [2.75, 3.05) is 0 Å². The van der Waals surface area contributed by atoms with Crippen molar-refractivity contribution in [1.82, 2.24) is 5.01 Å². The van der Waals surface area contributed by atoms with Gasteiger partial charge < -0.3 is 0 Å². The van der Waals surface area contributed by atoms with Crippen molar-refractivity contribution in [3.8, 4) is 0 Å².